The van der Waals surface area contributed by atoms with Crippen molar-refractivity contribution < 1.29 is 9.53 Å². The number of anilines is 1. The first-order valence-corrected chi connectivity index (χ1v) is 11.2. The van der Waals surface area contributed by atoms with Crippen LogP contribution in [-0.2, 0) is 11.4 Å². The second-order valence-electron chi connectivity index (χ2n) is 6.68. The van der Waals surface area contributed by atoms with Crippen molar-refractivity contribution in [2.45, 2.75) is 13.5 Å². The van der Waals surface area contributed by atoms with Gasteiger partial charge >= 0.3 is 0 Å². The Kier molecular flexibility index (Phi) is 6.21. The van der Waals surface area contributed by atoms with Crippen LogP contribution in [-0.4, -0.2) is 47.0 Å². The van der Waals surface area contributed by atoms with Gasteiger partial charge in [-0.15, -0.1) is 22.7 Å². The van der Waals surface area contributed by atoms with E-state index in [9.17, 15) is 4.79 Å². The van der Waals surface area contributed by atoms with Gasteiger partial charge in [-0.2, -0.15) is 0 Å². The van der Waals surface area contributed by atoms with Crippen LogP contribution in [0.3, 0.4) is 0 Å². The van der Waals surface area contributed by atoms with E-state index in [1.165, 1.54) is 0 Å². The van der Waals surface area contributed by atoms with E-state index in [1.54, 1.807) is 28.7 Å². The third kappa shape index (κ3) is 5.21. The van der Waals surface area contributed by atoms with Gasteiger partial charge < -0.3 is 14.5 Å². The van der Waals surface area contributed by atoms with Crippen molar-refractivity contribution in [3.63, 3.8) is 0 Å². The van der Waals surface area contributed by atoms with Crippen LogP contribution in [0.1, 0.15) is 16.3 Å². The Bertz CT molecular complexity index is 959. The average Bonchev–Trinajstić information content (AvgIpc) is 3.43. The van der Waals surface area contributed by atoms with Crippen LogP contribution >= 0.6 is 22.7 Å². The lowest BCUT2D eigenvalue weighted by Crippen LogP contribution is -2.48. The van der Waals surface area contributed by atoms with Gasteiger partial charge in [-0.3, -0.25) is 4.79 Å². The molecule has 1 aliphatic heterocycles. The number of hydrogen-bond donors (Lipinski definition) is 0. The average molecular weight is 427 g/mol. The summed E-state index contributed by atoms with van der Waals surface area (Å²) in [6, 6.07) is 7.73. The Morgan fingerprint density at radius 1 is 1.17 bits per heavy atom. The van der Waals surface area contributed by atoms with Crippen molar-refractivity contribution in [1.82, 2.24) is 14.9 Å². The van der Waals surface area contributed by atoms with Crippen LogP contribution in [0.2, 0.25) is 0 Å². The van der Waals surface area contributed by atoms with Gasteiger partial charge in [0.2, 0.25) is 5.91 Å². The smallest absolute Gasteiger partial charge is 0.246 e. The molecule has 3 heterocycles. The summed E-state index contributed by atoms with van der Waals surface area (Å²) in [5.41, 5.74) is 1.91. The highest BCUT2D eigenvalue weighted by molar-refractivity contribution is 7.13. The number of piperazine rings is 1. The van der Waals surface area contributed by atoms with E-state index < -0.39 is 0 Å². The van der Waals surface area contributed by atoms with Crippen LogP contribution < -0.4 is 9.64 Å². The summed E-state index contributed by atoms with van der Waals surface area (Å²) in [5, 5.41) is 6.05. The van der Waals surface area contributed by atoms with Gasteiger partial charge in [-0.1, -0.05) is 12.1 Å². The Labute approximate surface area is 178 Å². The number of amides is 1. The van der Waals surface area contributed by atoms with E-state index in [4.69, 9.17) is 4.74 Å². The number of carbonyl (C=O) groups is 1. The van der Waals surface area contributed by atoms with Crippen LogP contribution in [0.4, 0.5) is 5.13 Å². The number of thiazole rings is 2. The largest absolute Gasteiger partial charge is 0.487 e. The second kappa shape index (κ2) is 9.19. The molecule has 1 aliphatic rings. The molecule has 0 N–H and O–H groups in total. The monoisotopic (exact) mass is 426 g/mol. The zero-order valence-electron chi connectivity index (χ0n) is 16.2. The lowest BCUT2D eigenvalue weighted by atomic mass is 10.2. The molecule has 0 bridgehead atoms. The third-order valence-corrected chi connectivity index (χ3v) is 6.29. The van der Waals surface area contributed by atoms with Crippen molar-refractivity contribution in [2.24, 2.45) is 0 Å². The SMILES string of the molecule is Cc1nc(COc2ccc(/C=C/C(=O)N3CCN(c4nccs4)CC3)cc2)cs1. The number of aryl methyl sites for hydroxylation is 1. The van der Waals surface area contributed by atoms with Crippen LogP contribution in [0.5, 0.6) is 5.75 Å². The maximum Gasteiger partial charge on any atom is 0.246 e. The summed E-state index contributed by atoms with van der Waals surface area (Å²) in [6.07, 6.45) is 5.31. The number of benzene rings is 1. The number of rotatable bonds is 6. The van der Waals surface area contributed by atoms with Crippen LogP contribution in [0.15, 0.2) is 47.3 Å². The quantitative estimate of drug-likeness (QED) is 0.561. The molecule has 0 saturated carbocycles. The molecular weight excluding hydrogens is 404 g/mol. The Morgan fingerprint density at radius 3 is 2.62 bits per heavy atom. The summed E-state index contributed by atoms with van der Waals surface area (Å²) < 4.78 is 5.76. The summed E-state index contributed by atoms with van der Waals surface area (Å²) in [7, 11) is 0. The van der Waals surface area contributed by atoms with Crippen molar-refractivity contribution in [3.8, 4) is 5.75 Å². The molecule has 29 heavy (non-hydrogen) atoms. The zero-order chi connectivity index (χ0) is 20.1. The minimum atomic E-state index is 0.0445. The number of hydrogen-bond acceptors (Lipinski definition) is 7. The number of ether oxygens (including phenoxy) is 1. The molecule has 1 fully saturated rings. The topological polar surface area (TPSA) is 58.6 Å². The van der Waals surface area contributed by atoms with Gasteiger partial charge in [0.25, 0.3) is 0 Å². The van der Waals surface area contributed by atoms with Gasteiger partial charge in [-0.05, 0) is 30.7 Å². The van der Waals surface area contributed by atoms with Crippen molar-refractivity contribution in [3.05, 3.63) is 63.6 Å². The number of aromatic nitrogens is 2. The van der Waals surface area contributed by atoms with E-state index in [-0.39, 0.29) is 5.91 Å². The molecule has 0 unspecified atom stereocenters. The van der Waals surface area contributed by atoms with Gasteiger partial charge in [0, 0.05) is 49.2 Å². The normalized spacial score (nSPS) is 14.5. The van der Waals surface area contributed by atoms with Gasteiger partial charge in [0.1, 0.15) is 12.4 Å². The maximum atomic E-state index is 12.5. The Hall–Kier alpha value is -2.71. The molecule has 8 heteroatoms. The predicted molar refractivity (Wildman–Crippen MR) is 118 cm³/mol. The fourth-order valence-electron chi connectivity index (χ4n) is 3.07. The lowest BCUT2D eigenvalue weighted by molar-refractivity contribution is -0.126. The summed E-state index contributed by atoms with van der Waals surface area (Å²) >= 11 is 3.26. The first kappa shape index (κ1) is 19.6. The van der Waals surface area contributed by atoms with Crippen molar-refractivity contribution in [2.75, 3.05) is 31.1 Å². The predicted octanol–water partition coefficient (Wildman–Crippen LogP) is 3.85. The summed E-state index contributed by atoms with van der Waals surface area (Å²) in [5.74, 6) is 0.834. The summed E-state index contributed by atoms with van der Waals surface area (Å²) in [4.78, 5) is 25.3. The highest BCUT2D eigenvalue weighted by atomic mass is 32.1. The van der Waals surface area contributed by atoms with Crippen LogP contribution in [0, 0.1) is 6.92 Å². The Morgan fingerprint density at radius 2 is 1.97 bits per heavy atom. The molecule has 0 aliphatic carbocycles. The minimum absolute atomic E-state index is 0.0445. The van der Waals surface area contributed by atoms with E-state index in [2.05, 4.69) is 14.9 Å². The molecular formula is C21H22N4O2S2. The highest BCUT2D eigenvalue weighted by Crippen LogP contribution is 2.19. The van der Waals surface area contributed by atoms with Gasteiger partial charge in [-0.25, -0.2) is 9.97 Å². The number of nitrogens with zero attached hydrogens (tertiary/aromatic N) is 4. The molecule has 150 valence electrons. The van der Waals surface area contributed by atoms with E-state index in [0.717, 1.165) is 40.2 Å². The molecule has 1 saturated heterocycles. The minimum Gasteiger partial charge on any atom is -0.487 e. The summed E-state index contributed by atoms with van der Waals surface area (Å²) in [6.45, 7) is 5.51. The molecule has 6 nitrogen and oxygen atoms in total. The van der Waals surface area contributed by atoms with Crippen molar-refractivity contribution in [1.29, 1.82) is 0 Å². The number of carbonyl (C=O) groups excluding carboxylic acids is 1. The molecule has 1 amide bonds. The molecule has 0 spiro atoms. The van der Waals surface area contributed by atoms with Crippen LogP contribution in [0.25, 0.3) is 6.08 Å². The second-order valence-corrected chi connectivity index (χ2v) is 8.61. The molecule has 4 rings (SSSR count). The van der Waals surface area contributed by atoms with E-state index in [0.29, 0.717) is 19.7 Å². The van der Waals surface area contributed by atoms with E-state index >= 15 is 0 Å². The third-order valence-electron chi connectivity index (χ3n) is 4.63. The fourth-order valence-corrected chi connectivity index (χ4v) is 4.36. The molecule has 3 aromatic rings. The first-order valence-electron chi connectivity index (χ1n) is 9.43. The Balaban J connectivity index is 1.26. The van der Waals surface area contributed by atoms with Crippen molar-refractivity contribution >= 4 is 39.8 Å². The van der Waals surface area contributed by atoms with Gasteiger partial charge in [0.05, 0.1) is 10.7 Å². The molecule has 0 radical (unpaired) electrons. The lowest BCUT2D eigenvalue weighted by Gasteiger charge is -2.34. The van der Waals surface area contributed by atoms with E-state index in [1.807, 2.05) is 59.1 Å². The fraction of sp³-hybridized carbons (Fsp3) is 0.286. The first-order chi connectivity index (χ1) is 14.2. The standard InChI is InChI=1S/C21H22N4O2S2/c1-16-23-18(15-29-16)14-27-19-5-2-17(3-6-19)4-7-20(26)24-9-11-25(12-10-24)21-22-8-13-28-21/h2-8,13,15H,9-12,14H2,1H3/b7-4+. The zero-order valence-corrected chi connectivity index (χ0v) is 17.8. The maximum absolute atomic E-state index is 12.5. The highest BCUT2D eigenvalue weighted by Gasteiger charge is 2.20. The molecule has 0 atom stereocenters. The molecule has 1 aromatic carbocycles. The van der Waals surface area contributed by atoms with Gasteiger partial charge in [0.15, 0.2) is 5.13 Å². The molecule has 2 aromatic heterocycles.